The van der Waals surface area contributed by atoms with Crippen molar-refractivity contribution in [2.45, 2.75) is 25.3 Å². The quantitative estimate of drug-likeness (QED) is 0.569. The van der Waals surface area contributed by atoms with E-state index in [4.69, 9.17) is 0 Å². The first-order valence-electron chi connectivity index (χ1n) is 4.16. The Morgan fingerprint density at radius 3 is 3.25 bits per heavy atom. The van der Waals surface area contributed by atoms with Gasteiger partial charge in [-0.1, -0.05) is 0 Å². The summed E-state index contributed by atoms with van der Waals surface area (Å²) < 4.78 is 0. The monoisotopic (exact) mass is 163 g/mol. The van der Waals surface area contributed by atoms with Crippen LogP contribution in [0, 0.1) is 0 Å². The van der Waals surface area contributed by atoms with E-state index in [2.05, 4.69) is 10.3 Å². The van der Waals surface area contributed by atoms with Gasteiger partial charge in [0.1, 0.15) is 0 Å². The van der Waals surface area contributed by atoms with E-state index in [9.17, 15) is 0 Å². The first-order valence-corrected chi connectivity index (χ1v) is 4.16. The van der Waals surface area contributed by atoms with Crippen molar-refractivity contribution < 1.29 is 0 Å². The van der Waals surface area contributed by atoms with Crippen molar-refractivity contribution in [1.29, 1.82) is 0 Å². The molecule has 4 bridgehead atoms. The van der Waals surface area contributed by atoms with Crippen LogP contribution in [0.25, 0.3) is 0 Å². The second-order valence-corrected chi connectivity index (χ2v) is 3.33. The number of rotatable bonds is 0. The Bertz CT molecular complexity index is 296. The number of aliphatic imine (C=N–C) groups is 1. The molecule has 4 N–H and O–H groups in total. The molecule has 3 heteroatoms. The lowest BCUT2D eigenvalue weighted by Crippen LogP contribution is -2.47. The molecule has 3 heterocycles. The molecule has 0 aromatic rings. The maximum atomic E-state index is 4.23. The summed E-state index contributed by atoms with van der Waals surface area (Å²) in [6.07, 6.45) is 7.62. The molecule has 1 fully saturated rings. The van der Waals surface area contributed by atoms with E-state index in [0.29, 0.717) is 6.04 Å². The van der Waals surface area contributed by atoms with Crippen LogP contribution in [0.5, 0.6) is 0 Å². The van der Waals surface area contributed by atoms with Gasteiger partial charge in [-0.3, -0.25) is 4.99 Å². The predicted octanol–water partition coefficient (Wildman–Crippen LogP) is 1.53. The molecule has 0 saturated carbocycles. The maximum absolute atomic E-state index is 4.23. The summed E-state index contributed by atoms with van der Waals surface area (Å²) in [5.74, 6) is 0. The van der Waals surface area contributed by atoms with Gasteiger partial charge in [-0.05, 0) is 18.4 Å². The average Bonchev–Trinajstić information content (AvgIpc) is 2.12. The third-order valence-corrected chi connectivity index (χ3v) is 2.73. The van der Waals surface area contributed by atoms with Gasteiger partial charge in [0.15, 0.2) is 0 Å². The van der Waals surface area contributed by atoms with Crippen LogP contribution in [-0.4, -0.2) is 12.3 Å². The van der Waals surface area contributed by atoms with Gasteiger partial charge in [0.25, 0.3) is 0 Å². The van der Waals surface area contributed by atoms with Gasteiger partial charge in [-0.15, -0.1) is 0 Å². The standard InChI is InChI=1S/C9H10N2.H3N/c1-2-8-7-5-10-4-3-6(1)9(7)11-8;/h4-5,8,11H,1-3H2;1H3. The maximum Gasteiger partial charge on any atom is 0.0552 e. The highest BCUT2D eigenvalue weighted by atomic mass is 15.0. The molecule has 64 valence electrons. The lowest BCUT2D eigenvalue weighted by Gasteiger charge is -2.41. The summed E-state index contributed by atoms with van der Waals surface area (Å²) in [6.45, 7) is 0. The SMILES string of the molecule is C1=NC=C2C3=C(C1)CCC2N3.N. The molecule has 1 aliphatic carbocycles. The van der Waals surface area contributed by atoms with E-state index in [1.807, 2.05) is 12.4 Å². The minimum Gasteiger partial charge on any atom is -0.378 e. The van der Waals surface area contributed by atoms with Crippen molar-refractivity contribution in [2.75, 3.05) is 0 Å². The predicted molar refractivity (Wildman–Crippen MR) is 49.4 cm³/mol. The fraction of sp³-hybridized carbons (Fsp3) is 0.444. The molecule has 1 saturated heterocycles. The Kier molecular flexibility index (Phi) is 1.54. The van der Waals surface area contributed by atoms with Crippen molar-refractivity contribution in [3.63, 3.8) is 0 Å². The van der Waals surface area contributed by atoms with Crippen molar-refractivity contribution in [1.82, 2.24) is 11.5 Å². The summed E-state index contributed by atoms with van der Waals surface area (Å²) in [6, 6.07) is 0.629. The Hall–Kier alpha value is -1.09. The number of nitrogens with zero attached hydrogens (tertiary/aromatic N) is 1. The zero-order chi connectivity index (χ0) is 7.26. The lowest BCUT2D eigenvalue weighted by atomic mass is 9.80. The van der Waals surface area contributed by atoms with Crippen LogP contribution in [0.2, 0.25) is 0 Å². The Labute approximate surface area is 71.8 Å². The molecule has 1 unspecified atom stereocenters. The fourth-order valence-corrected chi connectivity index (χ4v) is 2.06. The molecule has 0 amide bonds. The topological polar surface area (TPSA) is 59.4 Å². The van der Waals surface area contributed by atoms with E-state index in [0.717, 1.165) is 6.42 Å². The summed E-state index contributed by atoms with van der Waals surface area (Å²) in [5, 5.41) is 3.45. The number of hydrogen-bond donors (Lipinski definition) is 2. The van der Waals surface area contributed by atoms with Crippen LogP contribution in [0.1, 0.15) is 19.3 Å². The van der Waals surface area contributed by atoms with Gasteiger partial charge in [-0.25, -0.2) is 0 Å². The molecule has 0 aromatic carbocycles. The van der Waals surface area contributed by atoms with Crippen LogP contribution in [0.15, 0.2) is 28.0 Å². The molecule has 12 heavy (non-hydrogen) atoms. The largest absolute Gasteiger partial charge is 0.378 e. The second-order valence-electron chi connectivity index (χ2n) is 3.33. The highest BCUT2D eigenvalue weighted by Crippen LogP contribution is 2.39. The van der Waals surface area contributed by atoms with E-state index in [-0.39, 0.29) is 6.15 Å². The lowest BCUT2D eigenvalue weighted by molar-refractivity contribution is 0.474. The van der Waals surface area contributed by atoms with Crippen molar-refractivity contribution in [3.05, 3.63) is 23.0 Å². The molecule has 3 aliphatic heterocycles. The van der Waals surface area contributed by atoms with Crippen LogP contribution >= 0.6 is 0 Å². The van der Waals surface area contributed by atoms with E-state index in [1.54, 1.807) is 5.57 Å². The molecule has 4 aliphatic rings. The third kappa shape index (κ3) is 0.770. The first kappa shape index (κ1) is 7.55. The number of allylic oxidation sites excluding steroid dienone is 1. The zero-order valence-corrected chi connectivity index (χ0v) is 7.01. The van der Waals surface area contributed by atoms with Gasteiger partial charge in [-0.2, -0.15) is 0 Å². The Morgan fingerprint density at radius 2 is 2.42 bits per heavy atom. The van der Waals surface area contributed by atoms with Crippen LogP contribution in [-0.2, 0) is 0 Å². The molecule has 3 nitrogen and oxygen atoms in total. The average molecular weight is 163 g/mol. The number of hydrogen-bond acceptors (Lipinski definition) is 3. The van der Waals surface area contributed by atoms with Gasteiger partial charge >= 0.3 is 0 Å². The normalized spacial score (nSPS) is 29.3. The second kappa shape index (κ2) is 2.45. The minimum atomic E-state index is 0. The van der Waals surface area contributed by atoms with Crippen LogP contribution < -0.4 is 11.5 Å². The van der Waals surface area contributed by atoms with Gasteiger partial charge < -0.3 is 11.5 Å². The number of fused-ring (bicyclic) bond motifs is 1. The van der Waals surface area contributed by atoms with Crippen molar-refractivity contribution in [3.8, 4) is 0 Å². The van der Waals surface area contributed by atoms with E-state index < -0.39 is 0 Å². The molecular weight excluding hydrogens is 150 g/mol. The van der Waals surface area contributed by atoms with E-state index in [1.165, 1.54) is 24.1 Å². The molecular formula is C9H13N3. The fourth-order valence-electron chi connectivity index (χ4n) is 2.06. The van der Waals surface area contributed by atoms with Crippen molar-refractivity contribution in [2.24, 2.45) is 4.99 Å². The van der Waals surface area contributed by atoms with Crippen LogP contribution in [0.4, 0.5) is 0 Å². The molecule has 1 atom stereocenters. The zero-order valence-electron chi connectivity index (χ0n) is 7.01. The van der Waals surface area contributed by atoms with E-state index >= 15 is 0 Å². The highest BCUT2D eigenvalue weighted by molar-refractivity contribution is 5.67. The number of nitrogens with one attached hydrogen (secondary N) is 1. The molecule has 0 radical (unpaired) electrons. The highest BCUT2D eigenvalue weighted by Gasteiger charge is 2.35. The molecule has 0 spiro atoms. The summed E-state index contributed by atoms with van der Waals surface area (Å²) in [5.41, 5.74) is 4.40. The molecule has 0 aromatic heterocycles. The Balaban J connectivity index is 0.000000563. The third-order valence-electron chi connectivity index (χ3n) is 2.73. The minimum absolute atomic E-state index is 0. The smallest absolute Gasteiger partial charge is 0.0552 e. The summed E-state index contributed by atoms with van der Waals surface area (Å²) >= 11 is 0. The summed E-state index contributed by atoms with van der Waals surface area (Å²) in [4.78, 5) is 4.23. The van der Waals surface area contributed by atoms with Gasteiger partial charge in [0.05, 0.1) is 6.04 Å². The first-order chi connectivity index (χ1) is 5.45. The van der Waals surface area contributed by atoms with Gasteiger partial charge in [0.2, 0.25) is 0 Å². The molecule has 4 rings (SSSR count). The Morgan fingerprint density at radius 1 is 1.50 bits per heavy atom. The van der Waals surface area contributed by atoms with Crippen LogP contribution in [0.3, 0.4) is 0 Å². The van der Waals surface area contributed by atoms with Crippen molar-refractivity contribution >= 4 is 6.21 Å². The van der Waals surface area contributed by atoms with Gasteiger partial charge in [0, 0.05) is 30.1 Å². The summed E-state index contributed by atoms with van der Waals surface area (Å²) in [7, 11) is 0.